The number of ether oxygens (including phenoxy) is 1. The molecule has 0 radical (unpaired) electrons. The fourth-order valence-corrected chi connectivity index (χ4v) is 1.24. The first-order valence-electron chi connectivity index (χ1n) is 4.36. The quantitative estimate of drug-likeness (QED) is 0.798. The van der Waals surface area contributed by atoms with Crippen molar-refractivity contribution in [2.24, 2.45) is 0 Å². The van der Waals surface area contributed by atoms with Crippen LogP contribution in [0.25, 0.3) is 0 Å². The van der Waals surface area contributed by atoms with Gasteiger partial charge in [0.2, 0.25) is 0 Å². The maximum atomic E-state index is 11.4. The Morgan fingerprint density at radius 2 is 1.86 bits per heavy atom. The van der Waals surface area contributed by atoms with Crippen molar-refractivity contribution in [2.45, 2.75) is 19.4 Å². The molecule has 3 nitrogen and oxygen atoms in total. The summed E-state index contributed by atoms with van der Waals surface area (Å²) < 4.78 is 5.19. The second kappa shape index (κ2) is 3.80. The van der Waals surface area contributed by atoms with E-state index in [9.17, 15) is 4.79 Å². The van der Waals surface area contributed by atoms with Gasteiger partial charge in [-0.3, -0.25) is 4.79 Å². The van der Waals surface area contributed by atoms with Gasteiger partial charge in [-0.25, -0.2) is 0 Å². The first-order valence-corrected chi connectivity index (χ1v) is 4.36. The number of ketones is 1. The third-order valence-electron chi connectivity index (χ3n) is 2.50. The zero-order valence-corrected chi connectivity index (χ0v) is 8.57. The van der Waals surface area contributed by atoms with Crippen LogP contribution in [-0.4, -0.2) is 18.0 Å². The highest BCUT2D eigenvalue weighted by Gasteiger charge is 2.31. The summed E-state index contributed by atoms with van der Waals surface area (Å²) in [6.07, 6.45) is 0. The van der Waals surface area contributed by atoms with Crippen LogP contribution in [0.5, 0.6) is 5.75 Å². The van der Waals surface area contributed by atoms with Gasteiger partial charge in [0.05, 0.1) is 0 Å². The van der Waals surface area contributed by atoms with Crippen LogP contribution in [-0.2, 0) is 15.1 Å². The van der Waals surface area contributed by atoms with Gasteiger partial charge in [0.25, 0.3) is 0 Å². The summed E-state index contributed by atoms with van der Waals surface area (Å²) >= 11 is 0. The number of Topliss-reactive ketones (excluding diaryl/α,β-unsaturated/α-hetero) is 1. The molecule has 14 heavy (non-hydrogen) atoms. The molecule has 0 saturated heterocycles. The van der Waals surface area contributed by atoms with Crippen molar-refractivity contribution >= 4 is 5.78 Å². The number of phenolic OH excluding ortho intramolecular Hbond substituents is 1. The van der Waals surface area contributed by atoms with Crippen molar-refractivity contribution in [3.63, 3.8) is 0 Å². The Morgan fingerprint density at radius 3 is 2.21 bits per heavy atom. The van der Waals surface area contributed by atoms with Crippen LogP contribution in [0.1, 0.15) is 19.4 Å². The third kappa shape index (κ3) is 1.77. The maximum absolute atomic E-state index is 11.4. The van der Waals surface area contributed by atoms with Crippen molar-refractivity contribution in [2.75, 3.05) is 7.11 Å². The number of carbonyl (C=O) groups excluding carboxylic acids is 1. The predicted molar refractivity (Wildman–Crippen MR) is 53.1 cm³/mol. The summed E-state index contributed by atoms with van der Waals surface area (Å²) in [6.45, 7) is 3.19. The zero-order chi connectivity index (χ0) is 10.8. The number of methoxy groups -OCH3 is 1. The number of hydrogen-bond acceptors (Lipinski definition) is 3. The monoisotopic (exact) mass is 194 g/mol. The van der Waals surface area contributed by atoms with E-state index >= 15 is 0 Å². The van der Waals surface area contributed by atoms with E-state index < -0.39 is 5.60 Å². The Hall–Kier alpha value is -1.35. The molecule has 0 aromatic heterocycles. The van der Waals surface area contributed by atoms with E-state index in [-0.39, 0.29) is 11.5 Å². The molecular formula is C11H14O3. The van der Waals surface area contributed by atoms with Crippen molar-refractivity contribution < 1.29 is 14.6 Å². The first-order chi connectivity index (χ1) is 6.50. The highest BCUT2D eigenvalue weighted by atomic mass is 16.5. The van der Waals surface area contributed by atoms with Gasteiger partial charge in [-0.2, -0.15) is 0 Å². The van der Waals surface area contributed by atoms with Crippen molar-refractivity contribution in [1.29, 1.82) is 0 Å². The smallest absolute Gasteiger partial charge is 0.165 e. The number of carbonyl (C=O) groups is 1. The summed E-state index contributed by atoms with van der Waals surface area (Å²) in [5, 5.41) is 9.11. The molecule has 0 aliphatic carbocycles. The molecule has 0 amide bonds. The molecule has 0 aliphatic rings. The van der Waals surface area contributed by atoms with Crippen LogP contribution in [0.2, 0.25) is 0 Å². The Morgan fingerprint density at radius 1 is 1.36 bits per heavy atom. The lowest BCUT2D eigenvalue weighted by atomic mass is 9.92. The molecule has 0 unspecified atom stereocenters. The predicted octanol–water partition coefficient (Wildman–Crippen LogP) is 1.84. The topological polar surface area (TPSA) is 46.5 Å². The summed E-state index contributed by atoms with van der Waals surface area (Å²) in [4.78, 5) is 11.4. The molecule has 0 fully saturated rings. The van der Waals surface area contributed by atoms with Gasteiger partial charge in [0.1, 0.15) is 11.4 Å². The second-order valence-corrected chi connectivity index (χ2v) is 3.34. The molecule has 1 N–H and O–H groups in total. The van der Waals surface area contributed by atoms with Crippen LogP contribution < -0.4 is 0 Å². The highest BCUT2D eigenvalue weighted by molar-refractivity contribution is 5.85. The lowest BCUT2D eigenvalue weighted by molar-refractivity contribution is -0.137. The van der Waals surface area contributed by atoms with Gasteiger partial charge >= 0.3 is 0 Å². The zero-order valence-electron chi connectivity index (χ0n) is 8.57. The van der Waals surface area contributed by atoms with E-state index in [1.807, 2.05) is 0 Å². The lowest BCUT2D eigenvalue weighted by Gasteiger charge is -2.25. The van der Waals surface area contributed by atoms with E-state index in [0.717, 1.165) is 5.56 Å². The SMILES string of the molecule is CO[C@](C)(C(C)=O)c1ccc(O)cc1. The van der Waals surface area contributed by atoms with Gasteiger partial charge in [0, 0.05) is 7.11 Å². The molecule has 76 valence electrons. The Labute approximate surface area is 83.3 Å². The third-order valence-corrected chi connectivity index (χ3v) is 2.50. The van der Waals surface area contributed by atoms with Crippen molar-refractivity contribution in [3.05, 3.63) is 29.8 Å². The summed E-state index contributed by atoms with van der Waals surface area (Å²) in [5.41, 5.74) is -0.182. The fourth-order valence-electron chi connectivity index (χ4n) is 1.24. The largest absolute Gasteiger partial charge is 0.508 e. The van der Waals surface area contributed by atoms with Crippen molar-refractivity contribution in [1.82, 2.24) is 0 Å². The minimum absolute atomic E-state index is 0.0642. The van der Waals surface area contributed by atoms with Crippen LogP contribution in [0.4, 0.5) is 0 Å². The second-order valence-electron chi connectivity index (χ2n) is 3.34. The Kier molecular flexibility index (Phi) is 2.91. The van der Waals surface area contributed by atoms with Crippen LogP contribution in [0.3, 0.4) is 0 Å². The number of benzene rings is 1. The standard InChI is InChI=1S/C11H14O3/c1-8(12)11(2,14-3)9-4-6-10(13)7-5-9/h4-7,13H,1-3H3/t11-/m1/s1. The van der Waals surface area contributed by atoms with Crippen LogP contribution in [0, 0.1) is 0 Å². The molecule has 1 atom stereocenters. The number of phenols is 1. The number of hydrogen-bond donors (Lipinski definition) is 1. The van der Waals surface area contributed by atoms with Gasteiger partial charge in [-0.05, 0) is 31.5 Å². The number of rotatable bonds is 3. The lowest BCUT2D eigenvalue weighted by Crippen LogP contribution is -2.32. The van der Waals surface area contributed by atoms with Crippen molar-refractivity contribution in [3.8, 4) is 5.75 Å². The van der Waals surface area contributed by atoms with E-state index in [0.29, 0.717) is 0 Å². The first kappa shape index (κ1) is 10.7. The Bertz CT molecular complexity index is 329. The molecule has 0 saturated carbocycles. The summed E-state index contributed by atoms with van der Waals surface area (Å²) in [5.74, 6) is 0.112. The van der Waals surface area contributed by atoms with E-state index in [2.05, 4.69) is 0 Å². The molecule has 0 heterocycles. The van der Waals surface area contributed by atoms with Crippen LogP contribution >= 0.6 is 0 Å². The maximum Gasteiger partial charge on any atom is 0.165 e. The number of aromatic hydroxyl groups is 1. The van der Waals surface area contributed by atoms with Gasteiger partial charge in [-0.1, -0.05) is 12.1 Å². The van der Waals surface area contributed by atoms with Gasteiger partial charge < -0.3 is 9.84 Å². The summed E-state index contributed by atoms with van der Waals surface area (Å²) in [7, 11) is 1.49. The molecular weight excluding hydrogens is 180 g/mol. The minimum Gasteiger partial charge on any atom is -0.508 e. The molecule has 3 heteroatoms. The van der Waals surface area contributed by atoms with Crippen LogP contribution in [0.15, 0.2) is 24.3 Å². The molecule has 0 aliphatic heterocycles. The van der Waals surface area contributed by atoms with E-state index in [1.165, 1.54) is 26.2 Å². The molecule has 1 rings (SSSR count). The van der Waals surface area contributed by atoms with E-state index in [4.69, 9.17) is 9.84 Å². The normalized spacial score (nSPS) is 14.8. The molecule has 1 aromatic carbocycles. The van der Waals surface area contributed by atoms with Gasteiger partial charge in [-0.15, -0.1) is 0 Å². The molecule has 1 aromatic rings. The fraction of sp³-hybridized carbons (Fsp3) is 0.364. The molecule has 0 spiro atoms. The summed E-state index contributed by atoms with van der Waals surface area (Å²) in [6, 6.07) is 6.44. The average Bonchev–Trinajstić information content (AvgIpc) is 2.17. The Balaban J connectivity index is 3.13. The molecule has 0 bridgehead atoms. The average molecular weight is 194 g/mol. The van der Waals surface area contributed by atoms with Gasteiger partial charge in [0.15, 0.2) is 5.78 Å². The highest BCUT2D eigenvalue weighted by Crippen LogP contribution is 2.26. The minimum atomic E-state index is -0.923. The van der Waals surface area contributed by atoms with E-state index in [1.54, 1.807) is 19.1 Å².